The van der Waals surface area contributed by atoms with Crippen molar-refractivity contribution in [1.29, 1.82) is 0 Å². The Balaban J connectivity index is 1.83. The van der Waals surface area contributed by atoms with Gasteiger partial charge in [0.1, 0.15) is 17.9 Å². The van der Waals surface area contributed by atoms with E-state index in [9.17, 15) is 14.4 Å². The van der Waals surface area contributed by atoms with Gasteiger partial charge in [-0.25, -0.2) is 9.59 Å². The average Bonchev–Trinajstić information content (AvgIpc) is 2.82. The minimum absolute atomic E-state index is 0.0875. The van der Waals surface area contributed by atoms with E-state index in [1.807, 2.05) is 0 Å². The van der Waals surface area contributed by atoms with Crippen LogP contribution in [0.4, 0.5) is 4.79 Å². The van der Waals surface area contributed by atoms with Gasteiger partial charge in [-0.1, -0.05) is 18.3 Å². The van der Waals surface area contributed by atoms with Gasteiger partial charge in [-0.05, 0) is 12.1 Å². The van der Waals surface area contributed by atoms with E-state index in [1.165, 1.54) is 6.07 Å². The Morgan fingerprint density at radius 3 is 2.95 bits per heavy atom. The number of esters is 1. The second-order valence-corrected chi connectivity index (χ2v) is 4.93. The predicted octanol–water partition coefficient (Wildman–Crippen LogP) is 1.90. The number of nitrogens with one attached hydrogen (secondary N) is 1. The van der Waals surface area contributed by atoms with Gasteiger partial charge in [-0.3, -0.25) is 4.79 Å². The molecule has 2 rings (SSSR count). The van der Waals surface area contributed by atoms with Crippen LogP contribution in [0.3, 0.4) is 0 Å². The molecule has 0 atom stereocenters. The molecule has 0 saturated carbocycles. The van der Waals surface area contributed by atoms with Crippen LogP contribution in [0.1, 0.15) is 13.3 Å². The van der Waals surface area contributed by atoms with Crippen LogP contribution in [-0.2, 0) is 9.53 Å². The van der Waals surface area contributed by atoms with Crippen molar-refractivity contribution in [1.82, 2.24) is 5.32 Å². The zero-order chi connectivity index (χ0) is 15.2. The summed E-state index contributed by atoms with van der Waals surface area (Å²) in [4.78, 5) is 33.0. The van der Waals surface area contributed by atoms with Crippen molar-refractivity contribution in [2.45, 2.75) is 13.3 Å². The SMILES string of the molecule is CCC(=O)OCCNC(=O)Oc1ccc2oc(=O)sc2c1. The van der Waals surface area contributed by atoms with E-state index in [0.29, 0.717) is 16.0 Å². The third-order valence-corrected chi connectivity index (χ3v) is 3.22. The van der Waals surface area contributed by atoms with Gasteiger partial charge in [0, 0.05) is 12.5 Å². The topological polar surface area (TPSA) is 94.8 Å². The van der Waals surface area contributed by atoms with E-state index >= 15 is 0 Å². The van der Waals surface area contributed by atoms with E-state index < -0.39 is 11.0 Å². The number of carbonyl (C=O) groups is 2. The number of fused-ring (bicyclic) bond motifs is 1. The fourth-order valence-corrected chi connectivity index (χ4v) is 2.18. The highest BCUT2D eigenvalue weighted by molar-refractivity contribution is 7.16. The van der Waals surface area contributed by atoms with Crippen LogP contribution in [0.5, 0.6) is 5.75 Å². The first-order chi connectivity index (χ1) is 10.1. The van der Waals surface area contributed by atoms with Gasteiger partial charge in [0.05, 0.1) is 11.2 Å². The molecule has 0 spiro atoms. The number of benzene rings is 1. The lowest BCUT2D eigenvalue weighted by Crippen LogP contribution is -2.30. The molecule has 8 heteroatoms. The van der Waals surface area contributed by atoms with Crippen LogP contribution in [0.15, 0.2) is 27.4 Å². The third kappa shape index (κ3) is 4.32. The Morgan fingerprint density at radius 1 is 1.38 bits per heavy atom. The van der Waals surface area contributed by atoms with Gasteiger partial charge in [0.15, 0.2) is 0 Å². The van der Waals surface area contributed by atoms with Crippen LogP contribution >= 0.6 is 11.3 Å². The van der Waals surface area contributed by atoms with Crippen molar-refractivity contribution in [3.63, 3.8) is 0 Å². The van der Waals surface area contributed by atoms with Crippen molar-refractivity contribution in [2.75, 3.05) is 13.2 Å². The molecule has 21 heavy (non-hydrogen) atoms. The van der Waals surface area contributed by atoms with E-state index in [4.69, 9.17) is 13.9 Å². The highest BCUT2D eigenvalue weighted by Gasteiger charge is 2.08. The lowest BCUT2D eigenvalue weighted by molar-refractivity contribution is -0.143. The molecule has 1 aromatic heterocycles. The fraction of sp³-hybridized carbons (Fsp3) is 0.308. The van der Waals surface area contributed by atoms with Crippen molar-refractivity contribution < 1.29 is 23.5 Å². The second kappa shape index (κ2) is 6.89. The Bertz CT molecular complexity index is 704. The van der Waals surface area contributed by atoms with Gasteiger partial charge in [-0.15, -0.1) is 0 Å². The number of rotatable bonds is 5. The molecular formula is C13H13NO6S. The van der Waals surface area contributed by atoms with Crippen LogP contribution < -0.4 is 15.0 Å². The molecule has 1 amide bonds. The molecule has 0 unspecified atom stereocenters. The quantitative estimate of drug-likeness (QED) is 0.669. The highest BCUT2D eigenvalue weighted by atomic mass is 32.1. The summed E-state index contributed by atoms with van der Waals surface area (Å²) in [7, 11) is 0. The molecule has 0 aliphatic heterocycles. The van der Waals surface area contributed by atoms with Crippen LogP contribution in [-0.4, -0.2) is 25.2 Å². The molecule has 0 radical (unpaired) electrons. The summed E-state index contributed by atoms with van der Waals surface area (Å²) >= 11 is 0.929. The van der Waals surface area contributed by atoms with E-state index in [1.54, 1.807) is 19.1 Å². The summed E-state index contributed by atoms with van der Waals surface area (Å²) in [5.41, 5.74) is 0.448. The maximum Gasteiger partial charge on any atom is 0.412 e. The first-order valence-electron chi connectivity index (χ1n) is 6.23. The number of amides is 1. The summed E-state index contributed by atoms with van der Waals surface area (Å²) in [6.07, 6.45) is -0.379. The Morgan fingerprint density at radius 2 is 2.19 bits per heavy atom. The standard InChI is InChI=1S/C13H13NO6S/c1-2-11(15)18-6-5-14-12(16)19-8-3-4-9-10(7-8)21-13(17)20-9/h3-4,7H,2,5-6H2,1H3,(H,14,16). The van der Waals surface area contributed by atoms with E-state index in [-0.39, 0.29) is 25.5 Å². The Kier molecular flexibility index (Phi) is 4.94. The molecule has 0 aliphatic carbocycles. The lowest BCUT2D eigenvalue weighted by atomic mass is 10.3. The monoisotopic (exact) mass is 311 g/mol. The summed E-state index contributed by atoms with van der Waals surface area (Å²) < 4.78 is 15.3. The smallest absolute Gasteiger partial charge is 0.412 e. The van der Waals surface area contributed by atoms with Gasteiger partial charge in [-0.2, -0.15) is 0 Å². The van der Waals surface area contributed by atoms with Crippen molar-refractivity contribution in [2.24, 2.45) is 0 Å². The summed E-state index contributed by atoms with van der Waals surface area (Å²) in [5, 5.41) is 2.44. The molecule has 1 N–H and O–H groups in total. The van der Waals surface area contributed by atoms with E-state index in [2.05, 4.69) is 5.32 Å². The van der Waals surface area contributed by atoms with Gasteiger partial charge in [0.2, 0.25) is 0 Å². The Hall–Kier alpha value is -2.35. The van der Waals surface area contributed by atoms with Gasteiger partial charge >= 0.3 is 17.0 Å². The van der Waals surface area contributed by atoms with Crippen molar-refractivity contribution >= 4 is 33.7 Å². The number of hydrogen-bond donors (Lipinski definition) is 1. The maximum atomic E-state index is 11.5. The average molecular weight is 311 g/mol. The minimum Gasteiger partial charge on any atom is -0.464 e. The van der Waals surface area contributed by atoms with Crippen molar-refractivity contribution in [3.05, 3.63) is 27.9 Å². The van der Waals surface area contributed by atoms with Crippen LogP contribution in [0.25, 0.3) is 10.3 Å². The van der Waals surface area contributed by atoms with Gasteiger partial charge in [0.25, 0.3) is 0 Å². The fourth-order valence-electron chi connectivity index (χ4n) is 1.48. The molecule has 1 aromatic carbocycles. The molecule has 2 aromatic rings. The van der Waals surface area contributed by atoms with Crippen LogP contribution in [0, 0.1) is 0 Å². The molecule has 0 bridgehead atoms. The molecule has 7 nitrogen and oxygen atoms in total. The molecule has 0 fully saturated rings. The molecule has 0 saturated heterocycles. The molecule has 0 aliphatic rings. The van der Waals surface area contributed by atoms with Gasteiger partial charge < -0.3 is 19.2 Å². The zero-order valence-electron chi connectivity index (χ0n) is 11.2. The maximum absolute atomic E-state index is 11.5. The predicted molar refractivity (Wildman–Crippen MR) is 75.6 cm³/mol. The first-order valence-corrected chi connectivity index (χ1v) is 7.05. The lowest BCUT2D eigenvalue weighted by Gasteiger charge is -2.07. The summed E-state index contributed by atoms with van der Waals surface area (Å²) in [6.45, 7) is 1.93. The number of hydrogen-bond acceptors (Lipinski definition) is 7. The minimum atomic E-state index is -0.669. The molecular weight excluding hydrogens is 298 g/mol. The summed E-state index contributed by atoms with van der Waals surface area (Å²) in [5.74, 6) is -0.0342. The van der Waals surface area contributed by atoms with Crippen molar-refractivity contribution in [3.8, 4) is 5.75 Å². The zero-order valence-corrected chi connectivity index (χ0v) is 12.0. The normalized spacial score (nSPS) is 10.3. The molecule has 112 valence electrons. The first kappa shape index (κ1) is 15.0. The third-order valence-electron chi connectivity index (χ3n) is 2.44. The number of carbonyl (C=O) groups excluding carboxylic acids is 2. The highest BCUT2D eigenvalue weighted by Crippen LogP contribution is 2.22. The van der Waals surface area contributed by atoms with E-state index in [0.717, 1.165) is 11.3 Å². The number of ether oxygens (including phenoxy) is 2. The molecule has 1 heterocycles. The van der Waals surface area contributed by atoms with Crippen LogP contribution in [0.2, 0.25) is 0 Å². The Labute approximate surface area is 123 Å². The second-order valence-electron chi connectivity index (χ2n) is 3.95. The summed E-state index contributed by atoms with van der Waals surface area (Å²) in [6, 6.07) is 4.62. The largest absolute Gasteiger partial charge is 0.464 e.